The normalized spacial score (nSPS) is 35.8. The van der Waals surface area contributed by atoms with Gasteiger partial charge in [0.25, 0.3) is 0 Å². The molecule has 4 N–H and O–H groups in total. The zero-order valence-electron chi connectivity index (χ0n) is 13.1. The number of rotatable bonds is 3. The van der Waals surface area contributed by atoms with Gasteiger partial charge in [0, 0.05) is 6.04 Å². The van der Waals surface area contributed by atoms with E-state index in [-0.39, 0.29) is 12.6 Å². The van der Waals surface area contributed by atoms with E-state index in [9.17, 15) is 20.4 Å². The Hall–Kier alpha value is -1.24. The van der Waals surface area contributed by atoms with E-state index in [4.69, 9.17) is 0 Å². The van der Waals surface area contributed by atoms with Crippen LogP contribution in [0.5, 0.6) is 0 Å². The highest BCUT2D eigenvalue weighted by molar-refractivity contribution is 5.25. The summed E-state index contributed by atoms with van der Waals surface area (Å²) in [5.74, 6) is 0. The van der Waals surface area contributed by atoms with E-state index >= 15 is 0 Å². The predicted octanol–water partition coefficient (Wildman–Crippen LogP) is 0.597. The minimum atomic E-state index is -1.27. The van der Waals surface area contributed by atoms with Crippen molar-refractivity contribution < 1.29 is 20.4 Å². The van der Waals surface area contributed by atoms with Gasteiger partial charge in [-0.3, -0.25) is 4.90 Å². The first-order valence-electron chi connectivity index (χ1n) is 8.30. The average Bonchev–Trinajstić information content (AvgIpc) is 2.61. The van der Waals surface area contributed by atoms with Crippen molar-refractivity contribution in [3.05, 3.63) is 47.5 Å². The van der Waals surface area contributed by atoms with E-state index in [1.165, 1.54) is 5.56 Å². The van der Waals surface area contributed by atoms with Gasteiger partial charge in [0.1, 0.15) is 18.3 Å². The second kappa shape index (κ2) is 7.11. The highest BCUT2D eigenvalue weighted by Crippen LogP contribution is 2.36. The number of hydrogen-bond acceptors (Lipinski definition) is 5. The smallest absolute Gasteiger partial charge is 0.111 e. The average molecular weight is 319 g/mol. The van der Waals surface area contributed by atoms with Crippen LogP contribution in [0.15, 0.2) is 42.0 Å². The molecule has 0 amide bonds. The Morgan fingerprint density at radius 1 is 1.00 bits per heavy atom. The Kier molecular flexibility index (Phi) is 5.14. The summed E-state index contributed by atoms with van der Waals surface area (Å²) < 4.78 is 0. The molecule has 126 valence electrons. The molecule has 0 spiro atoms. The van der Waals surface area contributed by atoms with Crippen molar-refractivity contribution >= 4 is 0 Å². The van der Waals surface area contributed by atoms with E-state index < -0.39 is 24.4 Å². The number of hydrogen-bond donors (Lipinski definition) is 4. The van der Waals surface area contributed by atoms with Gasteiger partial charge in [-0.1, -0.05) is 42.8 Å². The Bertz CT molecular complexity index is 547. The molecule has 2 unspecified atom stereocenters. The van der Waals surface area contributed by atoms with Crippen LogP contribution in [0.3, 0.4) is 0 Å². The Labute approximate surface area is 136 Å². The lowest BCUT2D eigenvalue weighted by Crippen LogP contribution is -2.56. The molecule has 0 bridgehead atoms. The monoisotopic (exact) mass is 319 g/mol. The maximum Gasteiger partial charge on any atom is 0.111 e. The number of likely N-dealkylation sites (tertiary alicyclic amines) is 1. The SMILES string of the molecule is OCC1=C[C@H](N2CCCCC2c2ccccc2)[C@H](O)C(O)[C@@H]1O. The fourth-order valence-corrected chi connectivity index (χ4v) is 3.81. The number of benzene rings is 1. The lowest BCUT2D eigenvalue weighted by Gasteiger charge is -2.45. The van der Waals surface area contributed by atoms with E-state index in [0.717, 1.165) is 25.8 Å². The number of aliphatic hydroxyl groups excluding tert-OH is 4. The summed E-state index contributed by atoms with van der Waals surface area (Å²) in [7, 11) is 0. The van der Waals surface area contributed by atoms with Gasteiger partial charge in [0.15, 0.2) is 0 Å². The van der Waals surface area contributed by atoms with Crippen LogP contribution >= 0.6 is 0 Å². The zero-order valence-corrected chi connectivity index (χ0v) is 13.1. The van der Waals surface area contributed by atoms with E-state index in [1.54, 1.807) is 6.08 Å². The van der Waals surface area contributed by atoms with Crippen LogP contribution in [0.4, 0.5) is 0 Å². The van der Waals surface area contributed by atoms with Crippen molar-refractivity contribution in [2.24, 2.45) is 0 Å². The first-order chi connectivity index (χ1) is 11.1. The molecule has 0 radical (unpaired) electrons. The van der Waals surface area contributed by atoms with Gasteiger partial charge < -0.3 is 20.4 Å². The molecule has 1 aromatic carbocycles. The second-order valence-corrected chi connectivity index (χ2v) is 6.48. The molecule has 23 heavy (non-hydrogen) atoms. The summed E-state index contributed by atoms with van der Waals surface area (Å²) in [5, 5.41) is 40.0. The van der Waals surface area contributed by atoms with Crippen molar-refractivity contribution in [1.82, 2.24) is 4.90 Å². The minimum Gasteiger partial charge on any atom is -0.392 e. The molecular weight excluding hydrogens is 294 g/mol. The van der Waals surface area contributed by atoms with Crippen LogP contribution in [-0.4, -0.2) is 62.8 Å². The van der Waals surface area contributed by atoms with Gasteiger partial charge in [-0.25, -0.2) is 0 Å². The van der Waals surface area contributed by atoms with Crippen LogP contribution in [0.2, 0.25) is 0 Å². The third-order valence-corrected chi connectivity index (χ3v) is 5.08. The Morgan fingerprint density at radius 3 is 2.43 bits per heavy atom. The molecule has 2 aliphatic rings. The van der Waals surface area contributed by atoms with Gasteiger partial charge in [-0.15, -0.1) is 0 Å². The molecule has 1 aromatic rings. The summed E-state index contributed by atoms with van der Waals surface area (Å²) in [4.78, 5) is 2.19. The molecule has 1 saturated heterocycles. The van der Waals surface area contributed by atoms with Gasteiger partial charge in [-0.2, -0.15) is 0 Å². The highest BCUT2D eigenvalue weighted by Gasteiger charge is 2.42. The largest absolute Gasteiger partial charge is 0.392 e. The van der Waals surface area contributed by atoms with Crippen LogP contribution in [0, 0.1) is 0 Å². The molecule has 1 heterocycles. The molecule has 1 fully saturated rings. The molecule has 5 nitrogen and oxygen atoms in total. The van der Waals surface area contributed by atoms with Gasteiger partial charge in [0.2, 0.25) is 0 Å². The number of piperidine rings is 1. The van der Waals surface area contributed by atoms with Crippen molar-refractivity contribution in [2.45, 2.75) is 49.7 Å². The Balaban J connectivity index is 1.92. The van der Waals surface area contributed by atoms with E-state index in [1.807, 2.05) is 18.2 Å². The second-order valence-electron chi connectivity index (χ2n) is 6.48. The fraction of sp³-hybridized carbons (Fsp3) is 0.556. The van der Waals surface area contributed by atoms with Crippen LogP contribution in [0.25, 0.3) is 0 Å². The molecule has 3 rings (SSSR count). The topological polar surface area (TPSA) is 84.2 Å². The molecule has 1 aliphatic carbocycles. The lowest BCUT2D eigenvalue weighted by molar-refractivity contribution is -0.0921. The summed E-state index contributed by atoms with van der Waals surface area (Å²) in [5.41, 5.74) is 1.57. The lowest BCUT2D eigenvalue weighted by atomic mass is 9.84. The molecule has 1 aliphatic heterocycles. The number of aliphatic hydroxyl groups is 4. The van der Waals surface area contributed by atoms with Crippen LogP contribution < -0.4 is 0 Å². The first-order valence-corrected chi connectivity index (χ1v) is 8.30. The molecular formula is C18H25NO4. The summed E-state index contributed by atoms with van der Waals surface area (Å²) in [6.45, 7) is 0.505. The molecule has 0 saturated carbocycles. The fourth-order valence-electron chi connectivity index (χ4n) is 3.81. The molecule has 5 atom stereocenters. The maximum absolute atomic E-state index is 10.5. The number of nitrogens with zero attached hydrogens (tertiary/aromatic N) is 1. The summed E-state index contributed by atoms with van der Waals surface area (Å²) in [6, 6.07) is 9.93. The van der Waals surface area contributed by atoms with Crippen LogP contribution in [0.1, 0.15) is 30.9 Å². The Morgan fingerprint density at radius 2 is 1.74 bits per heavy atom. The van der Waals surface area contributed by atoms with Gasteiger partial charge in [0.05, 0.1) is 12.6 Å². The van der Waals surface area contributed by atoms with Crippen molar-refractivity contribution in [3.8, 4) is 0 Å². The standard InChI is InChI=1S/C18H25NO4/c20-11-13-10-15(17(22)18(23)16(13)21)19-9-5-4-8-14(19)12-6-2-1-3-7-12/h1-3,6-7,10,14-18,20-23H,4-5,8-9,11H2/t14?,15-,16+,17-,18?/m0/s1. The van der Waals surface area contributed by atoms with Crippen molar-refractivity contribution in [1.29, 1.82) is 0 Å². The highest BCUT2D eigenvalue weighted by atomic mass is 16.4. The first kappa shape index (κ1) is 16.6. The third-order valence-electron chi connectivity index (χ3n) is 5.08. The summed E-state index contributed by atoms with van der Waals surface area (Å²) in [6.07, 6.45) is 1.34. The van der Waals surface area contributed by atoms with Crippen molar-refractivity contribution in [2.75, 3.05) is 13.2 Å². The predicted molar refractivity (Wildman–Crippen MR) is 86.7 cm³/mol. The van der Waals surface area contributed by atoms with E-state index in [2.05, 4.69) is 17.0 Å². The van der Waals surface area contributed by atoms with Crippen LogP contribution in [-0.2, 0) is 0 Å². The maximum atomic E-state index is 10.5. The third kappa shape index (κ3) is 3.20. The van der Waals surface area contributed by atoms with Crippen molar-refractivity contribution in [3.63, 3.8) is 0 Å². The van der Waals surface area contributed by atoms with Gasteiger partial charge >= 0.3 is 0 Å². The summed E-state index contributed by atoms with van der Waals surface area (Å²) >= 11 is 0. The van der Waals surface area contributed by atoms with E-state index in [0.29, 0.717) is 5.57 Å². The van der Waals surface area contributed by atoms with Gasteiger partial charge in [-0.05, 0) is 30.5 Å². The molecule has 0 aromatic heterocycles. The zero-order chi connectivity index (χ0) is 16.4. The quantitative estimate of drug-likeness (QED) is 0.613. The molecule has 5 heteroatoms. The minimum absolute atomic E-state index is 0.170.